The topological polar surface area (TPSA) is 32.3 Å². The summed E-state index contributed by atoms with van der Waals surface area (Å²) in [6.07, 6.45) is 2.97. The highest BCUT2D eigenvalue weighted by atomic mass is 19.1. The minimum Gasteiger partial charge on any atom is -0.396 e. The predicted molar refractivity (Wildman–Crippen MR) is 61.7 cm³/mol. The lowest BCUT2D eigenvalue weighted by Crippen LogP contribution is -2.44. The Balaban J connectivity index is 2.02. The normalized spacial score (nSPS) is 25.6. The van der Waals surface area contributed by atoms with Crippen LogP contribution in [0.1, 0.15) is 18.4 Å². The number of aliphatic hydroxyl groups excluding tert-OH is 1. The van der Waals surface area contributed by atoms with Crippen molar-refractivity contribution in [3.63, 3.8) is 0 Å². The van der Waals surface area contributed by atoms with Gasteiger partial charge in [-0.2, -0.15) is 0 Å². The van der Waals surface area contributed by atoms with E-state index in [1.165, 1.54) is 6.07 Å². The Kier molecular flexibility index (Phi) is 3.91. The van der Waals surface area contributed by atoms with Gasteiger partial charge in [0.2, 0.25) is 0 Å². The molecule has 2 nitrogen and oxygen atoms in total. The molecule has 1 aromatic rings. The fraction of sp³-hybridized carbons (Fsp3) is 0.538. The number of piperidine rings is 1. The van der Waals surface area contributed by atoms with Crippen molar-refractivity contribution in [3.05, 3.63) is 35.6 Å². The highest BCUT2D eigenvalue weighted by Crippen LogP contribution is 2.19. The Morgan fingerprint density at radius 3 is 3.06 bits per heavy atom. The van der Waals surface area contributed by atoms with E-state index in [9.17, 15) is 9.50 Å². The summed E-state index contributed by atoms with van der Waals surface area (Å²) in [6.45, 7) is 1.21. The van der Waals surface area contributed by atoms with Crippen molar-refractivity contribution >= 4 is 0 Å². The molecule has 1 heterocycles. The maximum atomic E-state index is 13.0. The van der Waals surface area contributed by atoms with E-state index in [1.807, 2.05) is 6.07 Å². The predicted octanol–water partition coefficient (Wildman–Crippen LogP) is 1.73. The Labute approximate surface area is 95.5 Å². The molecule has 1 saturated heterocycles. The third-order valence-corrected chi connectivity index (χ3v) is 3.31. The van der Waals surface area contributed by atoms with Gasteiger partial charge >= 0.3 is 0 Å². The minimum atomic E-state index is -0.186. The molecule has 16 heavy (non-hydrogen) atoms. The van der Waals surface area contributed by atoms with Gasteiger partial charge in [0.1, 0.15) is 5.82 Å². The number of nitrogens with one attached hydrogen (secondary N) is 1. The average Bonchev–Trinajstić information content (AvgIpc) is 2.30. The third-order valence-electron chi connectivity index (χ3n) is 3.31. The molecule has 2 rings (SSSR count). The monoisotopic (exact) mass is 223 g/mol. The summed E-state index contributed by atoms with van der Waals surface area (Å²) in [5.41, 5.74) is 0.998. The molecular weight excluding hydrogens is 205 g/mol. The first kappa shape index (κ1) is 11.6. The summed E-state index contributed by atoms with van der Waals surface area (Å²) in [7, 11) is 0. The van der Waals surface area contributed by atoms with Crippen molar-refractivity contribution in [1.82, 2.24) is 5.32 Å². The maximum Gasteiger partial charge on any atom is 0.123 e. The van der Waals surface area contributed by atoms with Gasteiger partial charge in [-0.15, -0.1) is 0 Å². The summed E-state index contributed by atoms with van der Waals surface area (Å²) in [5, 5.41) is 12.7. The number of hydrogen-bond acceptors (Lipinski definition) is 2. The Hall–Kier alpha value is -0.930. The number of rotatable bonds is 3. The van der Waals surface area contributed by atoms with Crippen molar-refractivity contribution in [2.75, 3.05) is 13.2 Å². The molecule has 1 aliphatic rings. The summed E-state index contributed by atoms with van der Waals surface area (Å²) in [5.74, 6) is 0.117. The van der Waals surface area contributed by atoms with Crippen molar-refractivity contribution in [2.45, 2.75) is 25.3 Å². The first-order valence-corrected chi connectivity index (χ1v) is 5.88. The van der Waals surface area contributed by atoms with Gasteiger partial charge in [0.15, 0.2) is 0 Å². The van der Waals surface area contributed by atoms with E-state index in [1.54, 1.807) is 12.1 Å². The van der Waals surface area contributed by atoms with Gasteiger partial charge in [0, 0.05) is 12.6 Å². The van der Waals surface area contributed by atoms with Crippen LogP contribution in [0.4, 0.5) is 4.39 Å². The lowest BCUT2D eigenvalue weighted by Gasteiger charge is -2.31. The van der Waals surface area contributed by atoms with Crippen LogP contribution in [0, 0.1) is 11.7 Å². The molecule has 1 aromatic carbocycles. The second-order valence-electron chi connectivity index (χ2n) is 4.48. The van der Waals surface area contributed by atoms with E-state index >= 15 is 0 Å². The molecule has 2 N–H and O–H groups in total. The highest BCUT2D eigenvalue weighted by molar-refractivity contribution is 5.17. The molecule has 1 aliphatic heterocycles. The number of aliphatic hydroxyl groups is 1. The van der Waals surface area contributed by atoms with Gasteiger partial charge in [0.25, 0.3) is 0 Å². The molecule has 3 heteroatoms. The molecule has 0 saturated carbocycles. The molecule has 0 bridgehead atoms. The molecule has 0 amide bonds. The number of benzene rings is 1. The molecular formula is C13H18FNO. The second-order valence-corrected chi connectivity index (χ2v) is 4.48. The van der Waals surface area contributed by atoms with E-state index in [0.717, 1.165) is 31.4 Å². The molecule has 0 aliphatic carbocycles. The molecule has 0 aromatic heterocycles. The lowest BCUT2D eigenvalue weighted by atomic mass is 9.87. The quantitative estimate of drug-likeness (QED) is 0.818. The first-order valence-electron chi connectivity index (χ1n) is 5.88. The van der Waals surface area contributed by atoms with Gasteiger partial charge in [-0.25, -0.2) is 4.39 Å². The van der Waals surface area contributed by atoms with Crippen LogP contribution in [0.2, 0.25) is 0 Å². The van der Waals surface area contributed by atoms with Crippen molar-refractivity contribution in [1.29, 1.82) is 0 Å². The molecule has 0 spiro atoms. The van der Waals surface area contributed by atoms with Crippen LogP contribution >= 0.6 is 0 Å². The van der Waals surface area contributed by atoms with Crippen LogP contribution < -0.4 is 5.32 Å². The molecule has 0 radical (unpaired) electrons. The van der Waals surface area contributed by atoms with Gasteiger partial charge < -0.3 is 10.4 Å². The second kappa shape index (κ2) is 5.41. The van der Waals surface area contributed by atoms with E-state index in [0.29, 0.717) is 5.92 Å². The zero-order valence-corrected chi connectivity index (χ0v) is 9.32. The Morgan fingerprint density at radius 2 is 2.31 bits per heavy atom. The van der Waals surface area contributed by atoms with Crippen molar-refractivity contribution < 1.29 is 9.50 Å². The summed E-state index contributed by atoms with van der Waals surface area (Å²) < 4.78 is 13.0. The van der Waals surface area contributed by atoms with E-state index in [-0.39, 0.29) is 18.5 Å². The highest BCUT2D eigenvalue weighted by Gasteiger charge is 2.23. The lowest BCUT2D eigenvalue weighted by molar-refractivity contribution is 0.159. The van der Waals surface area contributed by atoms with Crippen LogP contribution in [0.15, 0.2) is 24.3 Å². The SMILES string of the molecule is OCC1CCCNC1Cc1cccc(F)c1. The van der Waals surface area contributed by atoms with Crippen LogP contribution in [0.25, 0.3) is 0 Å². The van der Waals surface area contributed by atoms with Crippen LogP contribution in [0.3, 0.4) is 0 Å². The molecule has 2 unspecified atom stereocenters. The zero-order valence-electron chi connectivity index (χ0n) is 9.32. The van der Waals surface area contributed by atoms with Crippen LogP contribution in [0.5, 0.6) is 0 Å². The van der Waals surface area contributed by atoms with Crippen molar-refractivity contribution in [2.24, 2.45) is 5.92 Å². The summed E-state index contributed by atoms with van der Waals surface area (Å²) in [4.78, 5) is 0. The largest absolute Gasteiger partial charge is 0.396 e. The zero-order chi connectivity index (χ0) is 11.4. The van der Waals surface area contributed by atoms with E-state index in [2.05, 4.69) is 5.32 Å². The molecule has 2 atom stereocenters. The van der Waals surface area contributed by atoms with Gasteiger partial charge in [-0.3, -0.25) is 0 Å². The minimum absolute atomic E-state index is 0.186. The Morgan fingerprint density at radius 1 is 1.44 bits per heavy atom. The summed E-state index contributed by atoms with van der Waals surface area (Å²) in [6, 6.07) is 6.99. The third kappa shape index (κ3) is 2.80. The average molecular weight is 223 g/mol. The standard InChI is InChI=1S/C13H18FNO/c14-12-5-1-3-10(7-12)8-13-11(9-16)4-2-6-15-13/h1,3,5,7,11,13,15-16H,2,4,6,8-9H2. The molecule has 1 fully saturated rings. The van der Waals surface area contributed by atoms with Gasteiger partial charge in [0.05, 0.1) is 0 Å². The number of halogens is 1. The number of hydrogen-bond donors (Lipinski definition) is 2. The maximum absolute atomic E-state index is 13.0. The fourth-order valence-corrected chi connectivity index (χ4v) is 2.39. The molecule has 88 valence electrons. The van der Waals surface area contributed by atoms with Crippen LogP contribution in [-0.4, -0.2) is 24.3 Å². The smallest absolute Gasteiger partial charge is 0.123 e. The van der Waals surface area contributed by atoms with Crippen LogP contribution in [-0.2, 0) is 6.42 Å². The van der Waals surface area contributed by atoms with Gasteiger partial charge in [-0.05, 0) is 49.4 Å². The Bertz CT molecular complexity index is 342. The van der Waals surface area contributed by atoms with Gasteiger partial charge in [-0.1, -0.05) is 12.1 Å². The summed E-state index contributed by atoms with van der Waals surface area (Å²) >= 11 is 0. The van der Waals surface area contributed by atoms with E-state index in [4.69, 9.17) is 0 Å². The first-order chi connectivity index (χ1) is 7.79. The van der Waals surface area contributed by atoms with Crippen molar-refractivity contribution in [3.8, 4) is 0 Å². The van der Waals surface area contributed by atoms with E-state index < -0.39 is 0 Å². The fourth-order valence-electron chi connectivity index (χ4n) is 2.39.